The Balaban J connectivity index is 2.65. The summed E-state index contributed by atoms with van der Waals surface area (Å²) in [4.78, 5) is 23.8. The lowest BCUT2D eigenvalue weighted by atomic mass is 10.4. The molecular weight excluding hydrogens is 231 g/mol. The van der Waals surface area contributed by atoms with Crippen molar-refractivity contribution >= 4 is 35.1 Å². The van der Waals surface area contributed by atoms with E-state index >= 15 is 0 Å². The van der Waals surface area contributed by atoms with E-state index in [2.05, 4.69) is 10.3 Å². The fourth-order valence-corrected chi connectivity index (χ4v) is 1.09. The highest BCUT2D eigenvalue weighted by atomic mass is 35.5. The third-order valence-corrected chi connectivity index (χ3v) is 2.06. The van der Waals surface area contributed by atoms with E-state index in [4.69, 9.17) is 28.3 Å². The molecule has 0 spiro atoms. The van der Waals surface area contributed by atoms with Crippen molar-refractivity contribution in [3.63, 3.8) is 0 Å². The van der Waals surface area contributed by atoms with Crippen LogP contribution < -0.4 is 5.32 Å². The summed E-state index contributed by atoms with van der Waals surface area (Å²) >= 11 is 11.1. The standard InChI is InChI=1S/C7H6Cl2N2O3/c8-3-1-4(11-6(3)9)7(14)10-2-5(12)13/h1,11H,2H2,(H,10,14)(H,12,13). The first-order valence-corrected chi connectivity index (χ1v) is 4.30. The molecule has 76 valence electrons. The van der Waals surface area contributed by atoms with Gasteiger partial charge in [-0.3, -0.25) is 9.59 Å². The van der Waals surface area contributed by atoms with E-state index in [1.807, 2.05) is 0 Å². The first-order valence-electron chi connectivity index (χ1n) is 3.54. The second-order valence-corrected chi connectivity index (χ2v) is 3.21. The largest absolute Gasteiger partial charge is 0.480 e. The number of hydrogen-bond donors (Lipinski definition) is 3. The van der Waals surface area contributed by atoms with Crippen LogP contribution in [-0.4, -0.2) is 28.5 Å². The van der Waals surface area contributed by atoms with Crippen molar-refractivity contribution < 1.29 is 14.7 Å². The number of aliphatic carboxylic acids is 1. The van der Waals surface area contributed by atoms with Crippen molar-refractivity contribution in [2.24, 2.45) is 0 Å². The number of carboxylic acid groups (broad SMARTS) is 1. The Bertz CT molecular complexity index is 356. The lowest BCUT2D eigenvalue weighted by molar-refractivity contribution is -0.135. The summed E-state index contributed by atoms with van der Waals surface area (Å²) in [7, 11) is 0. The zero-order valence-electron chi connectivity index (χ0n) is 6.80. The lowest BCUT2D eigenvalue weighted by Crippen LogP contribution is -2.29. The first kappa shape index (κ1) is 10.9. The second-order valence-electron chi connectivity index (χ2n) is 2.42. The number of hydrogen-bond acceptors (Lipinski definition) is 2. The molecule has 1 rings (SSSR count). The van der Waals surface area contributed by atoms with E-state index in [0.717, 1.165) is 0 Å². The van der Waals surface area contributed by atoms with Crippen molar-refractivity contribution in [2.45, 2.75) is 0 Å². The Labute approximate surface area is 89.0 Å². The molecular formula is C7H6Cl2N2O3. The molecule has 5 nitrogen and oxygen atoms in total. The van der Waals surface area contributed by atoms with Gasteiger partial charge < -0.3 is 15.4 Å². The highest BCUT2D eigenvalue weighted by molar-refractivity contribution is 6.41. The first-order chi connectivity index (χ1) is 6.50. The van der Waals surface area contributed by atoms with Gasteiger partial charge in [0.2, 0.25) is 0 Å². The number of aromatic nitrogens is 1. The average Bonchev–Trinajstić information content (AvgIpc) is 2.43. The van der Waals surface area contributed by atoms with Crippen LogP contribution in [0.4, 0.5) is 0 Å². The third kappa shape index (κ3) is 2.65. The Morgan fingerprint density at radius 3 is 2.57 bits per heavy atom. The van der Waals surface area contributed by atoms with Crippen LogP contribution >= 0.6 is 23.2 Å². The van der Waals surface area contributed by atoms with Gasteiger partial charge in [-0.25, -0.2) is 0 Å². The fourth-order valence-electron chi connectivity index (χ4n) is 0.778. The summed E-state index contributed by atoms with van der Waals surface area (Å²) in [5.41, 5.74) is 0.126. The van der Waals surface area contributed by atoms with Crippen LogP contribution in [0.3, 0.4) is 0 Å². The molecule has 0 aliphatic heterocycles. The minimum absolute atomic E-state index is 0.126. The Hall–Kier alpha value is -1.20. The Morgan fingerprint density at radius 1 is 1.50 bits per heavy atom. The number of halogens is 2. The molecule has 7 heteroatoms. The van der Waals surface area contributed by atoms with Gasteiger partial charge in [-0.15, -0.1) is 0 Å². The summed E-state index contributed by atoms with van der Waals surface area (Å²) in [6, 6.07) is 1.32. The maximum absolute atomic E-state index is 11.2. The summed E-state index contributed by atoms with van der Waals surface area (Å²) in [6.07, 6.45) is 0. The zero-order valence-corrected chi connectivity index (χ0v) is 8.32. The minimum Gasteiger partial charge on any atom is -0.480 e. The van der Waals surface area contributed by atoms with E-state index in [1.165, 1.54) is 6.07 Å². The van der Waals surface area contributed by atoms with Crippen LogP contribution in [0.25, 0.3) is 0 Å². The molecule has 0 unspecified atom stereocenters. The van der Waals surface area contributed by atoms with Crippen molar-refractivity contribution in [3.8, 4) is 0 Å². The number of amides is 1. The topological polar surface area (TPSA) is 82.2 Å². The van der Waals surface area contributed by atoms with Gasteiger partial charge in [-0.1, -0.05) is 23.2 Å². The normalized spacial score (nSPS) is 9.86. The van der Waals surface area contributed by atoms with Gasteiger partial charge in [0.25, 0.3) is 5.91 Å². The Kier molecular flexibility index (Phi) is 3.38. The SMILES string of the molecule is O=C(O)CNC(=O)c1cc(Cl)c(Cl)[nH]1. The molecule has 1 aromatic heterocycles. The van der Waals surface area contributed by atoms with Crippen LogP contribution in [0.2, 0.25) is 10.2 Å². The second kappa shape index (κ2) is 4.34. The maximum atomic E-state index is 11.2. The van der Waals surface area contributed by atoms with Crippen molar-refractivity contribution in [1.29, 1.82) is 0 Å². The zero-order chi connectivity index (χ0) is 10.7. The number of carbonyl (C=O) groups excluding carboxylic acids is 1. The van der Waals surface area contributed by atoms with Gasteiger partial charge in [-0.2, -0.15) is 0 Å². The molecule has 0 atom stereocenters. The van der Waals surface area contributed by atoms with Crippen LogP contribution in [0.5, 0.6) is 0 Å². The maximum Gasteiger partial charge on any atom is 0.322 e. The van der Waals surface area contributed by atoms with E-state index < -0.39 is 18.4 Å². The molecule has 1 amide bonds. The molecule has 0 aliphatic rings. The number of H-pyrrole nitrogens is 1. The van der Waals surface area contributed by atoms with Gasteiger partial charge in [0, 0.05) is 0 Å². The van der Waals surface area contributed by atoms with E-state index in [0.29, 0.717) is 0 Å². The van der Waals surface area contributed by atoms with Crippen LogP contribution in [0.1, 0.15) is 10.5 Å². The van der Waals surface area contributed by atoms with Crippen LogP contribution in [0, 0.1) is 0 Å². The molecule has 3 N–H and O–H groups in total. The number of aromatic amines is 1. The molecule has 1 aromatic rings. The highest BCUT2D eigenvalue weighted by Gasteiger charge is 2.11. The van der Waals surface area contributed by atoms with E-state index in [1.54, 1.807) is 0 Å². The van der Waals surface area contributed by atoms with Gasteiger partial charge in [-0.05, 0) is 6.07 Å². The fraction of sp³-hybridized carbons (Fsp3) is 0.143. The number of carboxylic acids is 1. The van der Waals surface area contributed by atoms with Gasteiger partial charge in [0.1, 0.15) is 17.4 Å². The molecule has 1 heterocycles. The quantitative estimate of drug-likeness (QED) is 0.736. The van der Waals surface area contributed by atoms with Crippen molar-refractivity contribution in [3.05, 3.63) is 21.9 Å². The van der Waals surface area contributed by atoms with Gasteiger partial charge in [0.05, 0.1) is 5.02 Å². The van der Waals surface area contributed by atoms with Crippen LogP contribution in [-0.2, 0) is 4.79 Å². The van der Waals surface area contributed by atoms with E-state index in [-0.39, 0.29) is 15.9 Å². The molecule has 14 heavy (non-hydrogen) atoms. The number of carbonyl (C=O) groups is 2. The highest BCUT2D eigenvalue weighted by Crippen LogP contribution is 2.21. The molecule has 0 aliphatic carbocycles. The summed E-state index contributed by atoms with van der Waals surface area (Å²) < 4.78 is 0. The molecule has 0 saturated carbocycles. The number of rotatable bonds is 3. The van der Waals surface area contributed by atoms with Gasteiger partial charge >= 0.3 is 5.97 Å². The summed E-state index contributed by atoms with van der Waals surface area (Å²) in [5.74, 6) is -1.69. The molecule has 0 aromatic carbocycles. The van der Waals surface area contributed by atoms with Gasteiger partial charge in [0.15, 0.2) is 0 Å². The molecule has 0 bridgehead atoms. The van der Waals surface area contributed by atoms with E-state index in [9.17, 15) is 9.59 Å². The van der Waals surface area contributed by atoms with Crippen LogP contribution in [0.15, 0.2) is 6.07 Å². The molecule has 0 fully saturated rings. The third-order valence-electron chi connectivity index (χ3n) is 1.37. The smallest absolute Gasteiger partial charge is 0.322 e. The predicted octanol–water partition coefficient (Wildman–Crippen LogP) is 1.14. The summed E-state index contributed by atoms with van der Waals surface area (Å²) in [6.45, 7) is -0.451. The average molecular weight is 237 g/mol. The van der Waals surface area contributed by atoms with Crippen molar-refractivity contribution in [2.75, 3.05) is 6.54 Å². The minimum atomic E-state index is -1.12. The number of nitrogens with one attached hydrogen (secondary N) is 2. The molecule has 0 saturated heterocycles. The monoisotopic (exact) mass is 236 g/mol. The lowest BCUT2D eigenvalue weighted by Gasteiger charge is -1.98. The Morgan fingerprint density at radius 2 is 2.14 bits per heavy atom. The molecule has 0 radical (unpaired) electrons. The predicted molar refractivity (Wildman–Crippen MR) is 50.8 cm³/mol. The van der Waals surface area contributed by atoms with Crippen molar-refractivity contribution in [1.82, 2.24) is 10.3 Å². The summed E-state index contributed by atoms with van der Waals surface area (Å²) in [5, 5.41) is 10.8.